The van der Waals surface area contributed by atoms with Crippen molar-refractivity contribution in [2.24, 2.45) is 22.2 Å². The maximum atomic E-state index is 15.2. The van der Waals surface area contributed by atoms with Gasteiger partial charge in [0.15, 0.2) is 5.88 Å². The first-order valence-corrected chi connectivity index (χ1v) is 22.2. The number of hydrogen-bond donors (Lipinski definition) is 4. The molecule has 15 nitrogen and oxygen atoms in total. The molecule has 4 amide bonds. The van der Waals surface area contributed by atoms with Crippen LogP contribution in [0.15, 0.2) is 53.3 Å². The van der Waals surface area contributed by atoms with E-state index in [2.05, 4.69) is 60.8 Å². The van der Waals surface area contributed by atoms with Gasteiger partial charge in [0, 0.05) is 86.9 Å². The quantitative estimate of drug-likeness (QED) is 0.182. The number of hydrogen-bond acceptors (Lipinski definition) is 12. The SMILES string of the molecule is CN/C1=C(\C=N)c2cc(cc(C)n2)C(=O)/N=C2\Nc3ccc(CN4CCC5(CC4)CN(C(=O)C4CN(c6cc(F)c([C@H]7CCC(=O)NC7=O)c(F)c6)C4)C5)cc3N2C[C@H](C)CCCO1. The summed E-state index contributed by atoms with van der Waals surface area (Å²) in [6.45, 7) is 9.83. The lowest BCUT2D eigenvalue weighted by atomic mass is 9.71. The number of anilines is 3. The zero-order chi connectivity index (χ0) is 44.9. The third-order valence-corrected chi connectivity index (χ3v) is 13.7. The van der Waals surface area contributed by atoms with E-state index >= 15 is 8.78 Å². The highest BCUT2D eigenvalue weighted by Crippen LogP contribution is 2.43. The fourth-order valence-corrected chi connectivity index (χ4v) is 10.1. The standard InChI is InChI=1S/C47H54F2N10O5/c1-27-5-4-14-64-44(51-3)34(20-50)38-17-30(15-28(2)52-38)42(61)55-46-53-37-8-6-29(16-39(37)59(46)21-27)22-56-12-10-47(11-13-56)25-58(26-47)45(63)31-23-57(24-31)32-18-35(48)41(36(49)19-32)33-7-9-40(60)54-43(33)62/h6,8,15-20,27,31,33,50-51H,4-5,7,9-14,21-26H2,1-3H3,(H,53,55,61)(H,54,60,62)/b44-34-,50-20?/t27-,33-/m1/s1. The first-order valence-electron chi connectivity index (χ1n) is 22.2. The van der Waals surface area contributed by atoms with Gasteiger partial charge in [0.05, 0.1) is 41.1 Å². The van der Waals surface area contributed by atoms with E-state index in [-0.39, 0.29) is 41.6 Å². The van der Waals surface area contributed by atoms with Gasteiger partial charge in [-0.1, -0.05) is 13.0 Å². The van der Waals surface area contributed by atoms with E-state index in [1.54, 1.807) is 24.1 Å². The number of benzene rings is 2. The van der Waals surface area contributed by atoms with E-state index in [1.807, 2.05) is 11.8 Å². The summed E-state index contributed by atoms with van der Waals surface area (Å²) < 4.78 is 36.4. The van der Waals surface area contributed by atoms with Gasteiger partial charge < -0.3 is 35.5 Å². The third-order valence-electron chi connectivity index (χ3n) is 13.7. The molecule has 6 aliphatic heterocycles. The number of carbonyl (C=O) groups is 4. The van der Waals surface area contributed by atoms with E-state index in [0.717, 1.165) is 62.3 Å². The van der Waals surface area contributed by atoms with E-state index in [1.165, 1.54) is 18.3 Å². The summed E-state index contributed by atoms with van der Waals surface area (Å²) in [7, 11) is 1.74. The Labute approximate surface area is 370 Å². The zero-order valence-corrected chi connectivity index (χ0v) is 36.4. The summed E-state index contributed by atoms with van der Waals surface area (Å²) in [5, 5.41) is 16.7. The van der Waals surface area contributed by atoms with Crippen LogP contribution in [0.1, 0.15) is 84.2 Å². The van der Waals surface area contributed by atoms with Crippen molar-refractivity contribution in [2.45, 2.75) is 64.8 Å². The molecule has 4 saturated heterocycles. The summed E-state index contributed by atoms with van der Waals surface area (Å²) in [6, 6.07) is 12.2. The lowest BCUT2D eigenvalue weighted by Gasteiger charge is -2.55. The van der Waals surface area contributed by atoms with Gasteiger partial charge in [-0.2, -0.15) is 4.99 Å². The number of rotatable bonds is 7. The molecule has 1 spiro atoms. The van der Waals surface area contributed by atoms with Gasteiger partial charge in [-0.25, -0.2) is 8.78 Å². The van der Waals surface area contributed by atoms with E-state index < -0.39 is 35.3 Å². The van der Waals surface area contributed by atoms with Crippen molar-refractivity contribution in [2.75, 3.05) is 74.6 Å². The molecule has 17 heteroatoms. The summed E-state index contributed by atoms with van der Waals surface area (Å²) in [4.78, 5) is 68.6. The highest BCUT2D eigenvalue weighted by atomic mass is 19.1. The van der Waals surface area contributed by atoms with Crippen LogP contribution < -0.4 is 25.8 Å². The molecule has 6 aliphatic rings. The number of fused-ring (bicyclic) bond motifs is 5. The van der Waals surface area contributed by atoms with Gasteiger partial charge in [0.1, 0.15) is 11.6 Å². The van der Waals surface area contributed by atoms with Gasteiger partial charge in [-0.15, -0.1) is 0 Å². The van der Waals surface area contributed by atoms with E-state index in [9.17, 15) is 19.2 Å². The van der Waals surface area contributed by atoms with Crippen LogP contribution in [-0.2, 0) is 25.7 Å². The molecule has 0 radical (unpaired) electrons. The largest absolute Gasteiger partial charge is 0.479 e. The van der Waals surface area contributed by atoms with Crippen molar-refractivity contribution in [3.63, 3.8) is 0 Å². The fourth-order valence-electron chi connectivity index (χ4n) is 10.1. The number of imide groups is 1. The molecule has 0 aliphatic carbocycles. The highest BCUT2D eigenvalue weighted by molar-refractivity contribution is 6.19. The number of carbonyl (C=O) groups excluding carboxylic acids is 4. The number of ether oxygens (including phenoxy) is 1. The number of amides is 4. The summed E-state index contributed by atoms with van der Waals surface area (Å²) in [5.74, 6) is -3.28. The van der Waals surface area contributed by atoms with Crippen LogP contribution in [0.5, 0.6) is 0 Å². The van der Waals surface area contributed by atoms with Crippen LogP contribution in [0.25, 0.3) is 5.57 Å². The van der Waals surface area contributed by atoms with Crippen molar-refractivity contribution < 1.29 is 32.7 Å². The summed E-state index contributed by atoms with van der Waals surface area (Å²) >= 11 is 0. The van der Waals surface area contributed by atoms with E-state index in [4.69, 9.17) is 10.1 Å². The second-order valence-corrected chi connectivity index (χ2v) is 18.3. The highest BCUT2D eigenvalue weighted by Gasteiger charge is 2.49. The number of halogens is 2. The Hall–Kier alpha value is -6.23. The smallest absolute Gasteiger partial charge is 0.280 e. The molecule has 2 bridgehead atoms. The van der Waals surface area contributed by atoms with Crippen molar-refractivity contribution in [3.05, 3.63) is 88.1 Å². The molecule has 4 fully saturated rings. The van der Waals surface area contributed by atoms with Crippen molar-refractivity contribution in [3.8, 4) is 0 Å². The first kappa shape index (κ1) is 43.0. The number of nitrogens with zero attached hydrogens (tertiary/aromatic N) is 6. The van der Waals surface area contributed by atoms with Gasteiger partial charge in [-0.05, 0) is 100.0 Å². The number of nitrogens with one attached hydrogen (secondary N) is 4. The number of pyridine rings is 1. The number of guanidine groups is 1. The maximum absolute atomic E-state index is 15.2. The Balaban J connectivity index is 0.802. The normalized spacial score (nSPS) is 24.7. The van der Waals surface area contributed by atoms with Crippen LogP contribution in [0.4, 0.5) is 25.8 Å². The zero-order valence-electron chi connectivity index (χ0n) is 36.4. The molecule has 9 rings (SSSR count). The van der Waals surface area contributed by atoms with Gasteiger partial charge in [0.25, 0.3) is 5.91 Å². The molecule has 2 atom stereocenters. The maximum Gasteiger partial charge on any atom is 0.280 e. The average Bonchev–Trinajstić information content (AvgIpc) is 3.55. The lowest BCUT2D eigenvalue weighted by Crippen LogP contribution is -2.65. The van der Waals surface area contributed by atoms with Gasteiger partial charge >= 0.3 is 0 Å². The summed E-state index contributed by atoms with van der Waals surface area (Å²) in [5.41, 5.74) is 5.02. The molecule has 2 aromatic carbocycles. The molecule has 336 valence electrons. The number of aryl methyl sites for hydroxylation is 1. The first-order chi connectivity index (χ1) is 30.8. The van der Waals surface area contributed by atoms with E-state index in [0.29, 0.717) is 79.4 Å². The molecule has 0 saturated carbocycles. The minimum atomic E-state index is -1.06. The van der Waals surface area contributed by atoms with Crippen molar-refractivity contribution >= 4 is 58.4 Å². The van der Waals surface area contributed by atoms with Crippen LogP contribution in [0, 0.1) is 41.2 Å². The lowest BCUT2D eigenvalue weighted by molar-refractivity contribution is -0.152. The second kappa shape index (κ2) is 17.4. The molecule has 1 aromatic heterocycles. The molecule has 64 heavy (non-hydrogen) atoms. The molecule has 0 unspecified atom stereocenters. The molecular formula is C47H54F2N10O5. The number of allylic oxidation sites excluding steroid dienone is 1. The Morgan fingerprint density at radius 2 is 1.77 bits per heavy atom. The number of aromatic nitrogens is 1. The number of piperidine rings is 2. The number of aliphatic imine (C=N–C) groups is 1. The topological polar surface area (TPSA) is 176 Å². The Kier molecular flexibility index (Phi) is 11.7. The van der Waals surface area contributed by atoms with Crippen LogP contribution in [0.2, 0.25) is 0 Å². The predicted octanol–water partition coefficient (Wildman–Crippen LogP) is 5.16. The van der Waals surface area contributed by atoms with Gasteiger partial charge in [-0.3, -0.25) is 34.4 Å². The Morgan fingerprint density at radius 3 is 2.47 bits per heavy atom. The minimum Gasteiger partial charge on any atom is -0.479 e. The minimum absolute atomic E-state index is 0.0258. The third kappa shape index (κ3) is 8.44. The predicted molar refractivity (Wildman–Crippen MR) is 238 cm³/mol. The van der Waals surface area contributed by atoms with Crippen LogP contribution in [-0.4, -0.2) is 110 Å². The van der Waals surface area contributed by atoms with Crippen LogP contribution >= 0.6 is 0 Å². The fraction of sp³-hybridized carbons (Fsp3) is 0.468. The number of likely N-dealkylation sites (tertiary alicyclic amines) is 2. The van der Waals surface area contributed by atoms with Gasteiger partial charge in [0.2, 0.25) is 23.7 Å². The molecule has 4 N–H and O–H groups in total. The molecular weight excluding hydrogens is 823 g/mol. The second-order valence-electron chi connectivity index (χ2n) is 18.3. The van der Waals surface area contributed by atoms with Crippen molar-refractivity contribution in [1.82, 2.24) is 25.4 Å². The Bertz CT molecular complexity index is 2450. The Morgan fingerprint density at radius 1 is 1.02 bits per heavy atom. The molecule has 7 heterocycles. The van der Waals surface area contributed by atoms with Crippen LogP contribution in [0.3, 0.4) is 0 Å². The van der Waals surface area contributed by atoms with Crippen molar-refractivity contribution in [1.29, 1.82) is 5.41 Å². The average molecular weight is 877 g/mol. The monoisotopic (exact) mass is 876 g/mol. The summed E-state index contributed by atoms with van der Waals surface area (Å²) in [6.07, 6.45) is 4.90. The molecule has 3 aromatic rings.